The summed E-state index contributed by atoms with van der Waals surface area (Å²) in [6, 6.07) is -0.0700. The number of carbonyl (C=O) groups is 1. The van der Waals surface area contributed by atoms with E-state index in [0.29, 0.717) is 6.42 Å². The Morgan fingerprint density at radius 3 is 2.79 bits per heavy atom. The van der Waals surface area contributed by atoms with Crippen LogP contribution in [0.15, 0.2) is 5.38 Å². The molecule has 1 atom stereocenters. The maximum atomic E-state index is 11.9. The van der Waals surface area contributed by atoms with E-state index in [0.717, 1.165) is 36.9 Å². The SMILES string of the molecule is CC(N)c1nc(CC(=O)NN2CCN(C)CC2)cs1. The zero-order valence-corrected chi connectivity index (χ0v) is 12.2. The van der Waals surface area contributed by atoms with E-state index < -0.39 is 0 Å². The van der Waals surface area contributed by atoms with Crippen molar-refractivity contribution in [2.24, 2.45) is 5.73 Å². The molecular weight excluding hydrogens is 262 g/mol. The Balaban J connectivity index is 1.80. The van der Waals surface area contributed by atoms with E-state index in [1.54, 1.807) is 0 Å². The summed E-state index contributed by atoms with van der Waals surface area (Å²) in [6.45, 7) is 5.58. The van der Waals surface area contributed by atoms with Crippen LogP contribution in [0.25, 0.3) is 0 Å². The van der Waals surface area contributed by atoms with Crippen molar-refractivity contribution in [3.8, 4) is 0 Å². The number of piperazine rings is 1. The Morgan fingerprint density at radius 1 is 1.53 bits per heavy atom. The highest BCUT2D eigenvalue weighted by Gasteiger charge is 2.16. The number of amides is 1. The van der Waals surface area contributed by atoms with Gasteiger partial charge in [-0.15, -0.1) is 11.3 Å². The summed E-state index contributed by atoms with van der Waals surface area (Å²) in [4.78, 5) is 18.5. The molecule has 1 saturated heterocycles. The third-order valence-corrected chi connectivity index (χ3v) is 4.18. The fourth-order valence-corrected chi connectivity index (χ4v) is 2.69. The largest absolute Gasteiger partial charge is 0.322 e. The van der Waals surface area contributed by atoms with Crippen LogP contribution in [0.4, 0.5) is 0 Å². The van der Waals surface area contributed by atoms with Gasteiger partial charge in [-0.1, -0.05) is 0 Å². The molecule has 1 aromatic heterocycles. The molecule has 1 aliphatic heterocycles. The summed E-state index contributed by atoms with van der Waals surface area (Å²) >= 11 is 1.51. The van der Waals surface area contributed by atoms with Gasteiger partial charge in [-0.05, 0) is 14.0 Å². The van der Waals surface area contributed by atoms with Gasteiger partial charge in [0.05, 0.1) is 18.2 Å². The van der Waals surface area contributed by atoms with Gasteiger partial charge in [-0.3, -0.25) is 10.2 Å². The lowest BCUT2D eigenvalue weighted by Gasteiger charge is -2.32. The first-order chi connectivity index (χ1) is 9.04. The molecule has 2 rings (SSSR count). The Labute approximate surface area is 117 Å². The summed E-state index contributed by atoms with van der Waals surface area (Å²) in [5.41, 5.74) is 9.48. The number of aromatic nitrogens is 1. The molecule has 3 N–H and O–H groups in total. The molecule has 0 spiro atoms. The lowest BCUT2D eigenvalue weighted by Crippen LogP contribution is -2.52. The van der Waals surface area contributed by atoms with Gasteiger partial charge in [-0.25, -0.2) is 9.99 Å². The number of thiazole rings is 1. The molecule has 106 valence electrons. The number of nitrogens with two attached hydrogens (primary N) is 1. The van der Waals surface area contributed by atoms with Crippen molar-refractivity contribution in [3.05, 3.63) is 16.1 Å². The molecular formula is C12H21N5OS. The van der Waals surface area contributed by atoms with E-state index in [9.17, 15) is 4.79 Å². The monoisotopic (exact) mass is 283 g/mol. The van der Waals surface area contributed by atoms with Gasteiger partial charge >= 0.3 is 0 Å². The second kappa shape index (κ2) is 6.42. The quantitative estimate of drug-likeness (QED) is 0.812. The van der Waals surface area contributed by atoms with Crippen LogP contribution in [0, 0.1) is 0 Å². The van der Waals surface area contributed by atoms with Gasteiger partial charge in [-0.2, -0.15) is 0 Å². The van der Waals surface area contributed by atoms with Crippen LogP contribution in [0.5, 0.6) is 0 Å². The highest BCUT2D eigenvalue weighted by Crippen LogP contribution is 2.16. The number of hydrazine groups is 1. The molecule has 0 radical (unpaired) electrons. The lowest BCUT2D eigenvalue weighted by molar-refractivity contribution is -0.126. The second-order valence-corrected chi connectivity index (χ2v) is 5.86. The summed E-state index contributed by atoms with van der Waals surface area (Å²) in [6.07, 6.45) is 0.315. The maximum Gasteiger partial charge on any atom is 0.240 e. The summed E-state index contributed by atoms with van der Waals surface area (Å²) in [5.74, 6) is -0.00826. The molecule has 0 aliphatic carbocycles. The summed E-state index contributed by atoms with van der Waals surface area (Å²) < 4.78 is 0. The molecule has 6 nitrogen and oxygen atoms in total. The van der Waals surface area contributed by atoms with Gasteiger partial charge in [0, 0.05) is 31.6 Å². The first-order valence-corrected chi connectivity index (χ1v) is 7.35. The lowest BCUT2D eigenvalue weighted by atomic mass is 10.3. The van der Waals surface area contributed by atoms with Crippen molar-refractivity contribution in [2.45, 2.75) is 19.4 Å². The summed E-state index contributed by atoms with van der Waals surface area (Å²) in [5, 5.41) is 4.76. The number of hydrogen-bond donors (Lipinski definition) is 2. The molecule has 7 heteroatoms. The Bertz CT molecular complexity index is 426. The maximum absolute atomic E-state index is 11.9. The predicted octanol–water partition coefficient (Wildman–Crippen LogP) is -0.0161. The average Bonchev–Trinajstić information content (AvgIpc) is 2.80. The molecule has 0 saturated carbocycles. The van der Waals surface area contributed by atoms with Crippen molar-refractivity contribution in [1.29, 1.82) is 0 Å². The van der Waals surface area contributed by atoms with E-state index in [1.165, 1.54) is 11.3 Å². The minimum atomic E-state index is -0.0700. The molecule has 0 aromatic carbocycles. The van der Waals surface area contributed by atoms with Crippen LogP contribution in [0.3, 0.4) is 0 Å². The molecule has 1 fully saturated rings. The smallest absolute Gasteiger partial charge is 0.240 e. The molecule has 1 aliphatic rings. The molecule has 1 amide bonds. The predicted molar refractivity (Wildman–Crippen MR) is 75.6 cm³/mol. The minimum absolute atomic E-state index is 0.00826. The van der Waals surface area contributed by atoms with Gasteiger partial charge in [0.15, 0.2) is 0 Å². The van der Waals surface area contributed by atoms with E-state index in [2.05, 4.69) is 22.4 Å². The fourth-order valence-electron chi connectivity index (χ4n) is 1.91. The van der Waals surface area contributed by atoms with Crippen molar-refractivity contribution < 1.29 is 4.79 Å². The van der Waals surface area contributed by atoms with Crippen molar-refractivity contribution >= 4 is 17.2 Å². The molecule has 0 bridgehead atoms. The number of nitrogens with zero attached hydrogens (tertiary/aromatic N) is 3. The molecule has 1 aromatic rings. The van der Waals surface area contributed by atoms with Crippen molar-refractivity contribution in [1.82, 2.24) is 20.3 Å². The second-order valence-electron chi connectivity index (χ2n) is 4.97. The molecule has 1 unspecified atom stereocenters. The van der Waals surface area contributed by atoms with Crippen molar-refractivity contribution in [2.75, 3.05) is 33.2 Å². The van der Waals surface area contributed by atoms with Gasteiger partial charge in [0.25, 0.3) is 0 Å². The number of carbonyl (C=O) groups excluding carboxylic acids is 1. The van der Waals surface area contributed by atoms with Crippen LogP contribution in [0.1, 0.15) is 23.7 Å². The zero-order valence-electron chi connectivity index (χ0n) is 11.4. The van der Waals surface area contributed by atoms with E-state index in [1.807, 2.05) is 17.3 Å². The van der Waals surface area contributed by atoms with Gasteiger partial charge in [0.1, 0.15) is 5.01 Å². The summed E-state index contributed by atoms with van der Waals surface area (Å²) in [7, 11) is 2.09. The Morgan fingerprint density at radius 2 is 2.21 bits per heavy atom. The van der Waals surface area contributed by atoms with Gasteiger partial charge in [0.2, 0.25) is 5.91 Å². The van der Waals surface area contributed by atoms with Crippen molar-refractivity contribution in [3.63, 3.8) is 0 Å². The van der Waals surface area contributed by atoms with E-state index in [4.69, 9.17) is 5.73 Å². The highest BCUT2D eigenvalue weighted by atomic mass is 32.1. The zero-order chi connectivity index (χ0) is 13.8. The van der Waals surface area contributed by atoms with Crippen LogP contribution in [-0.2, 0) is 11.2 Å². The van der Waals surface area contributed by atoms with Crippen LogP contribution in [0.2, 0.25) is 0 Å². The highest BCUT2D eigenvalue weighted by molar-refractivity contribution is 7.09. The first-order valence-electron chi connectivity index (χ1n) is 6.47. The number of likely N-dealkylation sites (N-methyl/N-ethyl adjacent to an activating group) is 1. The van der Waals surface area contributed by atoms with Crippen LogP contribution in [-0.4, -0.2) is 54.0 Å². The third kappa shape index (κ3) is 4.24. The van der Waals surface area contributed by atoms with Gasteiger partial charge < -0.3 is 10.6 Å². The van der Waals surface area contributed by atoms with E-state index in [-0.39, 0.29) is 11.9 Å². The normalized spacial score (nSPS) is 19.3. The fraction of sp³-hybridized carbons (Fsp3) is 0.667. The number of rotatable bonds is 4. The first kappa shape index (κ1) is 14.4. The average molecular weight is 283 g/mol. The van der Waals surface area contributed by atoms with Crippen LogP contribution < -0.4 is 11.2 Å². The topological polar surface area (TPSA) is 74.5 Å². The van der Waals surface area contributed by atoms with E-state index >= 15 is 0 Å². The van der Waals surface area contributed by atoms with Crippen LogP contribution >= 0.6 is 11.3 Å². The molecule has 2 heterocycles. The Kier molecular flexibility index (Phi) is 4.87. The number of nitrogens with one attached hydrogen (secondary N) is 1. The number of hydrogen-bond acceptors (Lipinski definition) is 6. The standard InChI is InChI=1S/C12H21N5OS/c1-9(13)12-14-10(8-19-12)7-11(18)15-17-5-3-16(2)4-6-17/h8-9H,3-7,13H2,1-2H3,(H,15,18). The third-order valence-electron chi connectivity index (χ3n) is 3.09. The minimum Gasteiger partial charge on any atom is -0.322 e. The Hall–Kier alpha value is -1.02. The molecule has 19 heavy (non-hydrogen) atoms.